The number of hydrogen-bond donors (Lipinski definition) is 2. The molecule has 0 spiro atoms. The molecule has 2 heterocycles. The summed E-state index contributed by atoms with van der Waals surface area (Å²) in [6.45, 7) is 5.96. The number of piperidine rings is 1. The summed E-state index contributed by atoms with van der Waals surface area (Å²) in [6.07, 6.45) is 3.32. The van der Waals surface area contributed by atoms with Gasteiger partial charge in [-0.2, -0.15) is 0 Å². The normalized spacial score (nSPS) is 22.8. The molecule has 3 nitrogen and oxygen atoms in total. The van der Waals surface area contributed by atoms with Crippen molar-refractivity contribution in [1.29, 1.82) is 0 Å². The zero-order valence-electron chi connectivity index (χ0n) is 10.8. The molecule has 1 fully saturated rings. The zero-order valence-corrected chi connectivity index (χ0v) is 10.8. The quantitative estimate of drug-likeness (QED) is 0.871. The molecule has 1 saturated heterocycles. The predicted octanol–water partition coefficient (Wildman–Crippen LogP) is 2.55. The number of nitrogens with zero attached hydrogens (tertiary/aromatic N) is 1. The van der Waals surface area contributed by atoms with Crippen LogP contribution in [-0.4, -0.2) is 24.1 Å². The Balaban J connectivity index is 1.98. The van der Waals surface area contributed by atoms with Crippen molar-refractivity contribution < 1.29 is 8.78 Å². The summed E-state index contributed by atoms with van der Waals surface area (Å²) in [5, 5.41) is 6.37. The van der Waals surface area contributed by atoms with Crippen LogP contribution in [0.2, 0.25) is 0 Å². The first kappa shape index (κ1) is 13.2. The third-order valence-electron chi connectivity index (χ3n) is 3.61. The average molecular weight is 255 g/mol. The largest absolute Gasteiger partial charge is 0.366 e. The second-order valence-electron chi connectivity index (χ2n) is 5.46. The first-order valence-electron chi connectivity index (χ1n) is 6.27. The van der Waals surface area contributed by atoms with Gasteiger partial charge in [0.2, 0.25) is 0 Å². The zero-order chi connectivity index (χ0) is 13.2. The van der Waals surface area contributed by atoms with Crippen molar-refractivity contribution in [2.75, 3.05) is 18.4 Å². The molecule has 1 aromatic rings. The van der Waals surface area contributed by atoms with Gasteiger partial charge in [0.1, 0.15) is 5.82 Å². The highest BCUT2D eigenvalue weighted by Crippen LogP contribution is 2.30. The van der Waals surface area contributed by atoms with Crippen molar-refractivity contribution in [2.45, 2.75) is 32.7 Å². The van der Waals surface area contributed by atoms with Crippen LogP contribution in [-0.2, 0) is 0 Å². The lowest BCUT2D eigenvalue weighted by molar-refractivity contribution is 0.188. The molecule has 18 heavy (non-hydrogen) atoms. The average Bonchev–Trinajstić information content (AvgIpc) is 2.29. The van der Waals surface area contributed by atoms with Crippen molar-refractivity contribution in [3.05, 3.63) is 23.9 Å². The second-order valence-corrected chi connectivity index (χ2v) is 5.46. The molecule has 0 bridgehead atoms. The van der Waals surface area contributed by atoms with Crippen molar-refractivity contribution in [1.82, 2.24) is 10.3 Å². The first-order valence-corrected chi connectivity index (χ1v) is 6.27. The van der Waals surface area contributed by atoms with Crippen LogP contribution in [0.25, 0.3) is 0 Å². The van der Waals surface area contributed by atoms with Crippen LogP contribution in [0.4, 0.5) is 14.6 Å². The number of hydrogen-bond acceptors (Lipinski definition) is 3. The highest BCUT2D eigenvalue weighted by atomic mass is 19.1. The fourth-order valence-electron chi connectivity index (χ4n) is 2.36. The van der Waals surface area contributed by atoms with E-state index in [1.807, 2.05) is 0 Å². The molecule has 0 saturated carbocycles. The molecule has 1 aliphatic rings. The first-order chi connectivity index (χ1) is 8.49. The van der Waals surface area contributed by atoms with Gasteiger partial charge in [0.25, 0.3) is 0 Å². The number of rotatable bonds is 3. The van der Waals surface area contributed by atoms with Crippen molar-refractivity contribution >= 4 is 5.82 Å². The number of nitrogens with one attached hydrogen (secondary N) is 2. The molecule has 0 aromatic carbocycles. The molecular weight excluding hydrogens is 236 g/mol. The van der Waals surface area contributed by atoms with Crippen LogP contribution in [0.1, 0.15) is 26.7 Å². The van der Waals surface area contributed by atoms with Gasteiger partial charge in [-0.3, -0.25) is 0 Å². The highest BCUT2D eigenvalue weighted by Gasteiger charge is 2.31. The topological polar surface area (TPSA) is 37.0 Å². The van der Waals surface area contributed by atoms with E-state index in [0.717, 1.165) is 31.6 Å². The summed E-state index contributed by atoms with van der Waals surface area (Å²) in [5.41, 5.74) is 0.168. The van der Waals surface area contributed by atoms with E-state index in [-0.39, 0.29) is 17.3 Å². The van der Waals surface area contributed by atoms with Crippen LogP contribution < -0.4 is 10.6 Å². The van der Waals surface area contributed by atoms with E-state index in [0.29, 0.717) is 6.54 Å². The summed E-state index contributed by atoms with van der Waals surface area (Å²) in [6, 6.07) is 1.10. The van der Waals surface area contributed by atoms with Gasteiger partial charge < -0.3 is 10.6 Å². The number of halogens is 2. The summed E-state index contributed by atoms with van der Waals surface area (Å²) < 4.78 is 26.1. The molecule has 0 aliphatic carbocycles. The van der Waals surface area contributed by atoms with Crippen molar-refractivity contribution in [3.8, 4) is 0 Å². The van der Waals surface area contributed by atoms with Crippen LogP contribution in [0.15, 0.2) is 12.3 Å². The maximum atomic E-state index is 13.4. The molecule has 1 atom stereocenters. The summed E-state index contributed by atoms with van der Waals surface area (Å²) in [7, 11) is 0. The lowest BCUT2D eigenvalue weighted by Crippen LogP contribution is -2.50. The third-order valence-corrected chi connectivity index (χ3v) is 3.61. The van der Waals surface area contributed by atoms with Crippen LogP contribution in [0.3, 0.4) is 0 Å². The van der Waals surface area contributed by atoms with Gasteiger partial charge >= 0.3 is 0 Å². The highest BCUT2D eigenvalue weighted by molar-refractivity contribution is 5.36. The van der Waals surface area contributed by atoms with Gasteiger partial charge in [-0.1, -0.05) is 13.8 Å². The molecule has 5 heteroatoms. The fourth-order valence-corrected chi connectivity index (χ4v) is 2.36. The Morgan fingerprint density at radius 2 is 2.28 bits per heavy atom. The lowest BCUT2D eigenvalue weighted by atomic mass is 9.77. The third kappa shape index (κ3) is 2.96. The Kier molecular flexibility index (Phi) is 3.80. The van der Waals surface area contributed by atoms with E-state index in [1.54, 1.807) is 0 Å². The predicted molar refractivity (Wildman–Crippen MR) is 67.4 cm³/mol. The van der Waals surface area contributed by atoms with E-state index < -0.39 is 11.6 Å². The van der Waals surface area contributed by atoms with E-state index in [1.165, 1.54) is 0 Å². The van der Waals surface area contributed by atoms with E-state index in [9.17, 15) is 8.78 Å². The molecule has 2 rings (SSSR count). The monoisotopic (exact) mass is 255 g/mol. The smallest absolute Gasteiger partial charge is 0.168 e. The fraction of sp³-hybridized carbons (Fsp3) is 0.615. The Morgan fingerprint density at radius 1 is 1.50 bits per heavy atom. The lowest BCUT2D eigenvalue weighted by Gasteiger charge is -2.39. The minimum atomic E-state index is -0.658. The minimum Gasteiger partial charge on any atom is -0.366 e. The molecule has 100 valence electrons. The van der Waals surface area contributed by atoms with E-state index >= 15 is 0 Å². The summed E-state index contributed by atoms with van der Waals surface area (Å²) in [5.74, 6) is -1.20. The van der Waals surface area contributed by atoms with Gasteiger partial charge in [-0.25, -0.2) is 13.8 Å². The van der Waals surface area contributed by atoms with Gasteiger partial charge in [0, 0.05) is 18.7 Å². The van der Waals surface area contributed by atoms with Crippen LogP contribution in [0.5, 0.6) is 0 Å². The Bertz CT molecular complexity index is 421. The summed E-state index contributed by atoms with van der Waals surface area (Å²) >= 11 is 0. The maximum absolute atomic E-state index is 13.4. The molecule has 0 amide bonds. The van der Waals surface area contributed by atoms with Crippen molar-refractivity contribution in [2.24, 2.45) is 5.41 Å². The van der Waals surface area contributed by atoms with Gasteiger partial charge in [-0.15, -0.1) is 0 Å². The number of pyridine rings is 1. The molecule has 1 unspecified atom stereocenters. The van der Waals surface area contributed by atoms with Crippen molar-refractivity contribution in [3.63, 3.8) is 0 Å². The standard InChI is InChI=1S/C13H19F2N3/c1-13(2)4-3-5-16-11(13)8-18-12-10(15)6-9(14)7-17-12/h6-7,11,16H,3-5,8H2,1-2H3,(H,17,18). The number of anilines is 1. The molecule has 0 radical (unpaired) electrons. The van der Waals surface area contributed by atoms with E-state index in [4.69, 9.17) is 0 Å². The van der Waals surface area contributed by atoms with Crippen LogP contribution in [0, 0.1) is 17.0 Å². The maximum Gasteiger partial charge on any atom is 0.168 e. The molecule has 1 aliphatic heterocycles. The minimum absolute atomic E-state index is 0.111. The van der Waals surface area contributed by atoms with Gasteiger partial charge in [0.15, 0.2) is 11.6 Å². The summed E-state index contributed by atoms with van der Waals surface area (Å²) in [4.78, 5) is 3.72. The Hall–Kier alpha value is -1.23. The molecular formula is C13H19F2N3. The Morgan fingerprint density at radius 3 is 2.94 bits per heavy atom. The SMILES string of the molecule is CC1(C)CCCNC1CNc1ncc(F)cc1F. The molecule has 1 aromatic heterocycles. The van der Waals surface area contributed by atoms with Gasteiger partial charge in [-0.05, 0) is 24.8 Å². The van der Waals surface area contributed by atoms with Gasteiger partial charge in [0.05, 0.1) is 6.20 Å². The second kappa shape index (κ2) is 5.18. The van der Waals surface area contributed by atoms with Crippen LogP contribution >= 0.6 is 0 Å². The van der Waals surface area contributed by atoms with E-state index in [2.05, 4.69) is 29.5 Å². The molecule has 2 N–H and O–H groups in total. The Labute approximate surface area is 106 Å². The number of aromatic nitrogens is 1.